The van der Waals surface area contributed by atoms with Gasteiger partial charge in [-0.3, -0.25) is 4.79 Å². The first kappa shape index (κ1) is 18.1. The van der Waals surface area contributed by atoms with E-state index in [1.807, 2.05) is 0 Å². The number of nitrogens with one attached hydrogen (secondary N) is 1. The minimum atomic E-state index is -1.37. The molecule has 3 N–H and O–H groups in total. The van der Waals surface area contributed by atoms with Gasteiger partial charge < -0.3 is 34.0 Å². The lowest BCUT2D eigenvalue weighted by molar-refractivity contribution is -0.343. The topological polar surface area (TPSA) is 116 Å². The van der Waals surface area contributed by atoms with E-state index in [2.05, 4.69) is 10.3 Å². The summed E-state index contributed by atoms with van der Waals surface area (Å²) in [7, 11) is 1.57. The summed E-state index contributed by atoms with van der Waals surface area (Å²) in [6.45, 7) is 1.33. The lowest BCUT2D eigenvalue weighted by Crippen LogP contribution is -2.65. The average molecular weight is 355 g/mol. The normalized spacial score (nSPS) is 34.9. The van der Waals surface area contributed by atoms with Crippen LogP contribution in [0, 0.1) is 0 Å². The summed E-state index contributed by atoms with van der Waals surface area (Å²) in [5, 5.41) is 20.5. The van der Waals surface area contributed by atoms with Crippen molar-refractivity contribution in [3.63, 3.8) is 0 Å². The smallest absolute Gasteiger partial charge is 0.321 e. The van der Waals surface area contributed by atoms with Crippen molar-refractivity contribution in [3.05, 3.63) is 29.8 Å². The molecule has 0 bridgehead atoms. The van der Waals surface area contributed by atoms with Crippen LogP contribution in [0.2, 0.25) is 0 Å². The van der Waals surface area contributed by atoms with Crippen LogP contribution < -0.4 is 10.2 Å². The zero-order chi connectivity index (χ0) is 18.0. The maximum absolute atomic E-state index is 10.9. The van der Waals surface area contributed by atoms with Crippen LogP contribution in [0.4, 0.5) is 0 Å². The van der Waals surface area contributed by atoms with Crippen LogP contribution >= 0.6 is 0 Å². The van der Waals surface area contributed by atoms with Crippen molar-refractivity contribution in [1.29, 1.82) is 0 Å². The van der Waals surface area contributed by atoms with Crippen molar-refractivity contribution in [1.82, 2.24) is 5.48 Å². The molecule has 0 unspecified atom stereocenters. The van der Waals surface area contributed by atoms with Gasteiger partial charge in [0.1, 0.15) is 30.1 Å². The van der Waals surface area contributed by atoms with Crippen molar-refractivity contribution < 1.29 is 38.8 Å². The van der Waals surface area contributed by atoms with Gasteiger partial charge >= 0.3 is 5.97 Å². The van der Waals surface area contributed by atoms with Gasteiger partial charge in [-0.1, -0.05) is 12.1 Å². The van der Waals surface area contributed by atoms with Gasteiger partial charge in [-0.25, -0.2) is 0 Å². The molecule has 2 fully saturated rings. The fourth-order valence-electron chi connectivity index (χ4n) is 2.82. The predicted octanol–water partition coefficient (Wildman–Crippen LogP) is -0.376. The van der Waals surface area contributed by atoms with Gasteiger partial charge in [0.15, 0.2) is 12.6 Å². The van der Waals surface area contributed by atoms with Crippen molar-refractivity contribution in [2.75, 3.05) is 13.7 Å². The van der Waals surface area contributed by atoms with E-state index in [1.165, 1.54) is 6.92 Å². The van der Waals surface area contributed by atoms with Crippen LogP contribution in [0.15, 0.2) is 24.3 Å². The molecule has 0 radical (unpaired) electrons. The van der Waals surface area contributed by atoms with E-state index in [-0.39, 0.29) is 6.61 Å². The Bertz CT molecular complexity index is 594. The van der Waals surface area contributed by atoms with E-state index in [9.17, 15) is 15.0 Å². The average Bonchev–Trinajstić information content (AvgIpc) is 2.61. The molecule has 0 aliphatic carbocycles. The second-order valence-electron chi connectivity index (χ2n) is 5.83. The Morgan fingerprint density at radius 2 is 1.96 bits per heavy atom. The number of hydrogen-bond donors (Lipinski definition) is 3. The molecule has 0 amide bonds. The summed E-state index contributed by atoms with van der Waals surface area (Å²) >= 11 is 0. The van der Waals surface area contributed by atoms with Gasteiger partial charge in [0.25, 0.3) is 0 Å². The van der Waals surface area contributed by atoms with Crippen molar-refractivity contribution in [2.45, 2.75) is 43.9 Å². The molecule has 0 spiro atoms. The molecule has 3 rings (SSSR count). The molecule has 0 saturated carbocycles. The molecule has 2 heterocycles. The monoisotopic (exact) mass is 355 g/mol. The minimum absolute atomic E-state index is 0.135. The Labute approximate surface area is 144 Å². The summed E-state index contributed by atoms with van der Waals surface area (Å²) in [5.74, 6) is 0.0952. The molecule has 2 aliphatic heterocycles. The van der Waals surface area contributed by atoms with E-state index in [0.29, 0.717) is 5.75 Å². The number of carbonyl (C=O) groups excluding carboxylic acids is 1. The Balaban J connectivity index is 1.69. The molecule has 1 aromatic rings. The van der Waals surface area contributed by atoms with Gasteiger partial charge in [0.05, 0.1) is 13.7 Å². The molecular weight excluding hydrogens is 334 g/mol. The zero-order valence-corrected chi connectivity index (χ0v) is 13.8. The Kier molecular flexibility index (Phi) is 5.52. The van der Waals surface area contributed by atoms with Crippen molar-refractivity contribution in [3.8, 4) is 5.75 Å². The summed E-state index contributed by atoms with van der Waals surface area (Å²) in [5.41, 5.74) is 3.06. The number of rotatable bonds is 4. The number of hydroxylamine groups is 1. The van der Waals surface area contributed by atoms with E-state index in [4.69, 9.17) is 18.9 Å². The van der Waals surface area contributed by atoms with E-state index >= 15 is 0 Å². The highest BCUT2D eigenvalue weighted by atomic mass is 16.7. The highest BCUT2D eigenvalue weighted by Gasteiger charge is 2.49. The minimum Gasteiger partial charge on any atom is -0.497 e. The summed E-state index contributed by atoms with van der Waals surface area (Å²) < 4.78 is 21.9. The number of benzene rings is 1. The molecule has 9 heteroatoms. The molecule has 25 heavy (non-hydrogen) atoms. The van der Waals surface area contributed by atoms with Crippen LogP contribution in [-0.4, -0.2) is 60.5 Å². The summed E-state index contributed by atoms with van der Waals surface area (Å²) in [4.78, 5) is 15.6. The maximum atomic E-state index is 10.9. The van der Waals surface area contributed by atoms with Crippen LogP contribution in [0.25, 0.3) is 0 Å². The first-order chi connectivity index (χ1) is 12.0. The van der Waals surface area contributed by atoms with Gasteiger partial charge in [-0.2, -0.15) is 0 Å². The molecule has 6 atom stereocenters. The third kappa shape index (κ3) is 3.92. The number of aliphatic hydroxyl groups excluding tert-OH is 2. The van der Waals surface area contributed by atoms with Crippen molar-refractivity contribution in [2.24, 2.45) is 0 Å². The third-order valence-corrected chi connectivity index (χ3v) is 4.11. The Morgan fingerprint density at radius 1 is 1.24 bits per heavy atom. The number of aliphatic hydroxyl groups is 2. The van der Waals surface area contributed by atoms with E-state index in [0.717, 1.165) is 5.56 Å². The Hall–Kier alpha value is -1.75. The van der Waals surface area contributed by atoms with E-state index < -0.39 is 42.9 Å². The first-order valence-electron chi connectivity index (χ1n) is 7.85. The van der Waals surface area contributed by atoms with Gasteiger partial charge in [-0.05, 0) is 12.1 Å². The second kappa shape index (κ2) is 7.65. The highest BCUT2D eigenvalue weighted by Crippen LogP contribution is 2.34. The molecule has 1 aromatic carbocycles. The Morgan fingerprint density at radius 3 is 2.60 bits per heavy atom. The van der Waals surface area contributed by atoms with Crippen LogP contribution in [-0.2, 0) is 23.8 Å². The maximum Gasteiger partial charge on any atom is 0.321 e. The predicted molar refractivity (Wildman–Crippen MR) is 82.1 cm³/mol. The lowest BCUT2D eigenvalue weighted by atomic mass is 9.96. The van der Waals surface area contributed by atoms with Crippen LogP contribution in [0.3, 0.4) is 0 Å². The van der Waals surface area contributed by atoms with Gasteiger partial charge in [-0.15, -0.1) is 5.48 Å². The van der Waals surface area contributed by atoms with Gasteiger partial charge in [0.2, 0.25) is 0 Å². The summed E-state index contributed by atoms with van der Waals surface area (Å²) in [6, 6.07) is 6.10. The zero-order valence-electron chi connectivity index (χ0n) is 13.8. The standard InChI is InChI=1S/C16H21NO8/c1-8(18)25-17-12-13(19)14-11(23-15(12)20)7-22-16(24-14)9-3-5-10(21-2)6-4-9/h3-6,11-17,19-20H,7H2,1-2H3/t11-,12-,13-,14-,15+,16-/m1/s1. The number of hydrogen-bond acceptors (Lipinski definition) is 9. The summed E-state index contributed by atoms with van der Waals surface area (Å²) in [6.07, 6.45) is -4.65. The van der Waals surface area contributed by atoms with Crippen LogP contribution in [0.5, 0.6) is 5.75 Å². The second-order valence-corrected chi connectivity index (χ2v) is 5.83. The molecule has 9 nitrogen and oxygen atoms in total. The first-order valence-corrected chi connectivity index (χ1v) is 7.85. The molecule has 138 valence electrons. The fraction of sp³-hybridized carbons (Fsp3) is 0.562. The number of ether oxygens (including phenoxy) is 4. The number of methoxy groups -OCH3 is 1. The van der Waals surface area contributed by atoms with Gasteiger partial charge in [0, 0.05) is 12.5 Å². The largest absolute Gasteiger partial charge is 0.497 e. The molecule has 2 aliphatic rings. The highest BCUT2D eigenvalue weighted by molar-refractivity contribution is 5.65. The lowest BCUT2D eigenvalue weighted by Gasteiger charge is -2.46. The van der Waals surface area contributed by atoms with E-state index in [1.54, 1.807) is 31.4 Å². The quantitative estimate of drug-likeness (QED) is 0.622. The third-order valence-electron chi connectivity index (χ3n) is 4.11. The number of carbonyl (C=O) groups is 1. The fourth-order valence-corrected chi connectivity index (χ4v) is 2.82. The number of fused-ring (bicyclic) bond motifs is 1. The SMILES string of the molecule is COc1ccc([C@@H]2OC[C@H]3O[C@H](O)[C@H](NOC(C)=O)[C@@H](O)[C@@H]3O2)cc1. The van der Waals surface area contributed by atoms with Crippen LogP contribution in [0.1, 0.15) is 18.8 Å². The molecule has 0 aromatic heterocycles. The molecular formula is C16H21NO8. The molecule has 2 saturated heterocycles. The van der Waals surface area contributed by atoms with Crippen molar-refractivity contribution >= 4 is 5.97 Å².